The van der Waals surface area contributed by atoms with Crippen LogP contribution >= 0.6 is 11.8 Å². The number of carbonyl (C=O) groups excluding carboxylic acids is 2. The van der Waals surface area contributed by atoms with Gasteiger partial charge in [0, 0.05) is 17.4 Å². The van der Waals surface area contributed by atoms with Crippen molar-refractivity contribution in [2.75, 3.05) is 11.9 Å². The van der Waals surface area contributed by atoms with E-state index in [2.05, 4.69) is 22.8 Å². The van der Waals surface area contributed by atoms with Crippen molar-refractivity contribution in [1.82, 2.24) is 5.32 Å². The van der Waals surface area contributed by atoms with Crippen molar-refractivity contribution in [3.05, 3.63) is 23.8 Å². The first-order chi connectivity index (χ1) is 10.6. The van der Waals surface area contributed by atoms with Gasteiger partial charge in [-0.05, 0) is 43.9 Å². The van der Waals surface area contributed by atoms with Crippen LogP contribution in [0.4, 0.5) is 5.69 Å². The lowest BCUT2D eigenvalue weighted by Gasteiger charge is -2.22. The van der Waals surface area contributed by atoms with Crippen LogP contribution in [0.25, 0.3) is 0 Å². The summed E-state index contributed by atoms with van der Waals surface area (Å²) in [6.45, 7) is 2.57. The van der Waals surface area contributed by atoms with E-state index >= 15 is 0 Å². The standard InChI is InChI=1S/C17H22N2O2S/c1-11-16(20)19-14-10-12(6-7-15(14)22-11)8-9-18-17(21)13-4-2-3-5-13/h6-7,10-11,13H,2-5,8-9H2,1H3,(H,18,21)(H,19,20). The van der Waals surface area contributed by atoms with E-state index < -0.39 is 0 Å². The first kappa shape index (κ1) is 15.4. The molecule has 0 spiro atoms. The molecule has 1 atom stereocenters. The van der Waals surface area contributed by atoms with Crippen molar-refractivity contribution in [2.24, 2.45) is 5.92 Å². The summed E-state index contributed by atoms with van der Waals surface area (Å²) in [5.41, 5.74) is 2.04. The number of benzene rings is 1. The zero-order chi connectivity index (χ0) is 15.5. The second kappa shape index (κ2) is 6.73. The Morgan fingerprint density at radius 1 is 1.36 bits per heavy atom. The topological polar surface area (TPSA) is 58.2 Å². The number of hydrogen-bond donors (Lipinski definition) is 2. The van der Waals surface area contributed by atoms with E-state index in [4.69, 9.17) is 0 Å². The Kier molecular flexibility index (Phi) is 4.71. The fourth-order valence-corrected chi connectivity index (χ4v) is 4.00. The molecule has 2 amide bonds. The molecule has 1 aromatic rings. The van der Waals surface area contributed by atoms with Gasteiger partial charge in [0.15, 0.2) is 0 Å². The molecular weight excluding hydrogens is 296 g/mol. The zero-order valence-electron chi connectivity index (χ0n) is 12.9. The molecule has 2 N–H and O–H groups in total. The summed E-state index contributed by atoms with van der Waals surface area (Å²) in [5.74, 6) is 0.484. The minimum atomic E-state index is -0.0379. The Labute approximate surface area is 135 Å². The Morgan fingerprint density at radius 2 is 2.14 bits per heavy atom. The predicted molar refractivity (Wildman–Crippen MR) is 89.1 cm³/mol. The number of amides is 2. The maximum Gasteiger partial charge on any atom is 0.237 e. The second-order valence-electron chi connectivity index (χ2n) is 6.10. The van der Waals surface area contributed by atoms with E-state index in [1.54, 1.807) is 11.8 Å². The molecule has 1 heterocycles. The molecule has 0 aromatic heterocycles. The molecule has 2 aliphatic rings. The molecule has 3 rings (SSSR count). The molecule has 22 heavy (non-hydrogen) atoms. The van der Waals surface area contributed by atoms with Gasteiger partial charge in [-0.25, -0.2) is 0 Å². The lowest BCUT2D eigenvalue weighted by Crippen LogP contribution is -2.31. The fourth-order valence-electron chi connectivity index (χ4n) is 3.07. The van der Waals surface area contributed by atoms with Crippen LogP contribution in [-0.4, -0.2) is 23.6 Å². The van der Waals surface area contributed by atoms with Crippen LogP contribution < -0.4 is 10.6 Å². The van der Waals surface area contributed by atoms with Gasteiger partial charge in [0.05, 0.1) is 10.9 Å². The van der Waals surface area contributed by atoms with Crippen molar-refractivity contribution in [3.8, 4) is 0 Å². The van der Waals surface area contributed by atoms with E-state index in [9.17, 15) is 9.59 Å². The number of hydrogen-bond acceptors (Lipinski definition) is 3. The number of thioether (sulfide) groups is 1. The first-order valence-corrected chi connectivity index (χ1v) is 8.89. The van der Waals surface area contributed by atoms with Crippen molar-refractivity contribution in [3.63, 3.8) is 0 Å². The molecule has 0 bridgehead atoms. The number of fused-ring (bicyclic) bond motifs is 1. The minimum Gasteiger partial charge on any atom is -0.356 e. The third kappa shape index (κ3) is 3.46. The lowest BCUT2D eigenvalue weighted by molar-refractivity contribution is -0.124. The normalized spacial score (nSPS) is 21.3. The molecule has 1 aromatic carbocycles. The summed E-state index contributed by atoms with van der Waals surface area (Å²) in [7, 11) is 0. The molecule has 1 unspecified atom stereocenters. The molecule has 1 aliphatic carbocycles. The Balaban J connectivity index is 1.54. The average Bonchev–Trinajstić information content (AvgIpc) is 3.03. The van der Waals surface area contributed by atoms with Gasteiger partial charge < -0.3 is 10.6 Å². The molecule has 0 radical (unpaired) electrons. The van der Waals surface area contributed by atoms with E-state index in [1.165, 1.54) is 12.8 Å². The summed E-state index contributed by atoms with van der Waals surface area (Å²) in [4.78, 5) is 24.8. The van der Waals surface area contributed by atoms with Crippen LogP contribution in [0.15, 0.2) is 23.1 Å². The smallest absolute Gasteiger partial charge is 0.237 e. The molecule has 5 heteroatoms. The summed E-state index contributed by atoms with van der Waals surface area (Å²) in [5, 5.41) is 5.95. The van der Waals surface area contributed by atoms with Crippen molar-refractivity contribution >= 4 is 29.3 Å². The third-order valence-electron chi connectivity index (χ3n) is 4.41. The average molecular weight is 318 g/mol. The highest BCUT2D eigenvalue weighted by atomic mass is 32.2. The Hall–Kier alpha value is -1.49. The minimum absolute atomic E-state index is 0.0379. The van der Waals surface area contributed by atoms with Crippen LogP contribution in [0.2, 0.25) is 0 Å². The molecule has 0 saturated heterocycles. The maximum atomic E-state index is 12.0. The monoisotopic (exact) mass is 318 g/mol. The number of rotatable bonds is 4. The largest absolute Gasteiger partial charge is 0.356 e. The van der Waals surface area contributed by atoms with Gasteiger partial charge in [0.1, 0.15) is 0 Å². The number of nitrogens with one attached hydrogen (secondary N) is 2. The van der Waals surface area contributed by atoms with E-state index in [0.717, 1.165) is 35.4 Å². The van der Waals surface area contributed by atoms with Gasteiger partial charge in [0.2, 0.25) is 11.8 Å². The van der Waals surface area contributed by atoms with Crippen molar-refractivity contribution in [2.45, 2.75) is 49.2 Å². The Morgan fingerprint density at radius 3 is 2.91 bits per heavy atom. The zero-order valence-corrected chi connectivity index (χ0v) is 13.7. The second-order valence-corrected chi connectivity index (χ2v) is 7.48. The Bertz CT molecular complexity index is 582. The van der Waals surface area contributed by atoms with E-state index in [1.807, 2.05) is 13.0 Å². The summed E-state index contributed by atoms with van der Waals surface area (Å²) in [6, 6.07) is 6.16. The van der Waals surface area contributed by atoms with Gasteiger partial charge >= 0.3 is 0 Å². The predicted octanol–water partition coefficient (Wildman–Crippen LogP) is 2.97. The molecule has 1 aliphatic heterocycles. The van der Waals surface area contributed by atoms with Gasteiger partial charge in [-0.3, -0.25) is 9.59 Å². The van der Waals surface area contributed by atoms with Crippen LogP contribution in [0.3, 0.4) is 0 Å². The highest BCUT2D eigenvalue weighted by Gasteiger charge is 2.23. The van der Waals surface area contributed by atoms with E-state index in [0.29, 0.717) is 6.54 Å². The van der Waals surface area contributed by atoms with Gasteiger partial charge in [-0.1, -0.05) is 18.9 Å². The number of carbonyl (C=O) groups is 2. The molecule has 118 valence electrons. The SMILES string of the molecule is CC1Sc2ccc(CCNC(=O)C3CCCC3)cc2NC1=O. The lowest BCUT2D eigenvalue weighted by atomic mass is 10.1. The third-order valence-corrected chi connectivity index (χ3v) is 5.59. The van der Waals surface area contributed by atoms with Crippen molar-refractivity contribution in [1.29, 1.82) is 0 Å². The van der Waals surface area contributed by atoms with Crippen LogP contribution in [-0.2, 0) is 16.0 Å². The van der Waals surface area contributed by atoms with Gasteiger partial charge in [-0.15, -0.1) is 11.8 Å². The summed E-state index contributed by atoms with van der Waals surface area (Å²) < 4.78 is 0. The van der Waals surface area contributed by atoms with E-state index in [-0.39, 0.29) is 23.0 Å². The quantitative estimate of drug-likeness (QED) is 0.897. The number of anilines is 1. The highest BCUT2D eigenvalue weighted by Crippen LogP contribution is 2.35. The molecular formula is C17H22N2O2S. The molecule has 4 nitrogen and oxygen atoms in total. The van der Waals surface area contributed by atoms with Gasteiger partial charge in [0.25, 0.3) is 0 Å². The first-order valence-electron chi connectivity index (χ1n) is 8.01. The van der Waals surface area contributed by atoms with Crippen LogP contribution in [0, 0.1) is 5.92 Å². The fraction of sp³-hybridized carbons (Fsp3) is 0.529. The summed E-state index contributed by atoms with van der Waals surface area (Å²) >= 11 is 1.59. The molecule has 1 saturated carbocycles. The summed E-state index contributed by atoms with van der Waals surface area (Å²) in [6.07, 6.45) is 5.22. The molecule has 1 fully saturated rings. The van der Waals surface area contributed by atoms with Crippen molar-refractivity contribution < 1.29 is 9.59 Å². The van der Waals surface area contributed by atoms with Gasteiger partial charge in [-0.2, -0.15) is 0 Å². The highest BCUT2D eigenvalue weighted by molar-refractivity contribution is 8.00. The van der Waals surface area contributed by atoms with Crippen LogP contribution in [0.1, 0.15) is 38.2 Å². The maximum absolute atomic E-state index is 12.0. The van der Waals surface area contributed by atoms with Crippen LogP contribution in [0.5, 0.6) is 0 Å².